The van der Waals surface area contributed by atoms with Crippen LogP contribution < -0.4 is 10.5 Å². The Morgan fingerprint density at radius 1 is 1.32 bits per heavy atom. The van der Waals surface area contributed by atoms with Gasteiger partial charge < -0.3 is 10.5 Å². The van der Waals surface area contributed by atoms with E-state index in [1.807, 2.05) is 43.3 Å². The van der Waals surface area contributed by atoms with E-state index < -0.39 is 0 Å². The molecule has 2 aromatic rings. The molecule has 0 fully saturated rings. The molecule has 0 saturated carbocycles. The Morgan fingerprint density at radius 2 is 2.05 bits per heavy atom. The maximum Gasteiger partial charge on any atom is 0.132 e. The summed E-state index contributed by atoms with van der Waals surface area (Å²) in [6.45, 7) is 2.16. The van der Waals surface area contributed by atoms with Crippen molar-refractivity contribution < 1.29 is 4.74 Å². The summed E-state index contributed by atoms with van der Waals surface area (Å²) in [4.78, 5) is 0. The first-order valence-electron chi connectivity index (χ1n) is 5.98. The van der Waals surface area contributed by atoms with E-state index in [1.165, 1.54) is 5.54 Å². The predicted molar refractivity (Wildman–Crippen MR) is 81.8 cm³/mol. The van der Waals surface area contributed by atoms with Crippen molar-refractivity contribution in [3.63, 3.8) is 0 Å². The van der Waals surface area contributed by atoms with Crippen LogP contribution >= 0.6 is 23.2 Å². The lowest BCUT2D eigenvalue weighted by atomic mass is 10.0. The SMILES string of the molecule is C[C@H](N)c1ccc2ccccc2c1OCC(Cl)=CCl. The molecule has 4 heteroatoms. The van der Waals surface area contributed by atoms with Gasteiger partial charge >= 0.3 is 0 Å². The summed E-state index contributed by atoms with van der Waals surface area (Å²) in [6, 6.07) is 11.9. The maximum atomic E-state index is 5.99. The van der Waals surface area contributed by atoms with E-state index in [9.17, 15) is 0 Å². The van der Waals surface area contributed by atoms with Crippen LogP contribution in [-0.2, 0) is 0 Å². The summed E-state index contributed by atoms with van der Waals surface area (Å²) < 4.78 is 5.80. The molecule has 0 aliphatic heterocycles. The Bertz CT molecular complexity index is 608. The first kappa shape index (κ1) is 14.2. The van der Waals surface area contributed by atoms with Crippen molar-refractivity contribution in [3.8, 4) is 5.75 Å². The molecule has 0 spiro atoms. The van der Waals surface area contributed by atoms with Gasteiger partial charge in [-0.05, 0) is 12.3 Å². The van der Waals surface area contributed by atoms with Crippen LogP contribution in [0.5, 0.6) is 5.75 Å². The van der Waals surface area contributed by atoms with Crippen molar-refractivity contribution >= 4 is 34.0 Å². The highest BCUT2D eigenvalue weighted by Gasteiger charge is 2.12. The number of fused-ring (bicyclic) bond motifs is 1. The first-order valence-corrected chi connectivity index (χ1v) is 6.79. The van der Waals surface area contributed by atoms with Crippen LogP contribution in [0.15, 0.2) is 47.0 Å². The lowest BCUT2D eigenvalue weighted by Gasteiger charge is -2.16. The third kappa shape index (κ3) is 3.21. The number of hydrogen-bond acceptors (Lipinski definition) is 2. The number of halogens is 2. The average molecular weight is 296 g/mol. The van der Waals surface area contributed by atoms with Gasteiger partial charge in [-0.15, -0.1) is 0 Å². The van der Waals surface area contributed by atoms with Gasteiger partial charge in [0.25, 0.3) is 0 Å². The molecule has 19 heavy (non-hydrogen) atoms. The smallest absolute Gasteiger partial charge is 0.132 e. The van der Waals surface area contributed by atoms with Gasteiger partial charge in [-0.1, -0.05) is 59.6 Å². The van der Waals surface area contributed by atoms with Crippen molar-refractivity contribution in [1.29, 1.82) is 0 Å². The van der Waals surface area contributed by atoms with Crippen molar-refractivity contribution in [3.05, 3.63) is 52.5 Å². The summed E-state index contributed by atoms with van der Waals surface area (Å²) in [7, 11) is 0. The van der Waals surface area contributed by atoms with Crippen LogP contribution in [0.4, 0.5) is 0 Å². The van der Waals surface area contributed by atoms with Crippen LogP contribution in [0.2, 0.25) is 0 Å². The van der Waals surface area contributed by atoms with E-state index in [0.717, 1.165) is 22.1 Å². The molecule has 2 aromatic carbocycles. The molecule has 0 bridgehead atoms. The van der Waals surface area contributed by atoms with Crippen LogP contribution in [0.1, 0.15) is 18.5 Å². The highest BCUT2D eigenvalue weighted by atomic mass is 35.5. The molecule has 0 unspecified atom stereocenters. The van der Waals surface area contributed by atoms with Gasteiger partial charge in [-0.3, -0.25) is 0 Å². The standard InChI is InChI=1S/C15H15Cl2NO/c1-10(18)13-7-6-11-4-2-3-5-14(11)15(13)19-9-12(17)8-16/h2-8,10H,9,18H2,1H3/t10-/m0/s1. The fourth-order valence-corrected chi connectivity index (χ4v) is 2.07. The van der Waals surface area contributed by atoms with Gasteiger partial charge in [-0.2, -0.15) is 0 Å². The predicted octanol–water partition coefficient (Wildman–Crippen LogP) is 4.56. The first-order chi connectivity index (χ1) is 9.13. The van der Waals surface area contributed by atoms with Crippen LogP contribution in [0, 0.1) is 0 Å². The number of nitrogens with two attached hydrogens (primary N) is 1. The number of rotatable bonds is 4. The minimum atomic E-state index is -0.113. The van der Waals surface area contributed by atoms with Crippen molar-refractivity contribution in [2.24, 2.45) is 5.73 Å². The van der Waals surface area contributed by atoms with Gasteiger partial charge in [0.2, 0.25) is 0 Å². The average Bonchev–Trinajstić information content (AvgIpc) is 2.43. The topological polar surface area (TPSA) is 35.2 Å². The normalized spacial score (nSPS) is 13.6. The second-order valence-corrected chi connectivity index (χ2v) is 5.04. The zero-order chi connectivity index (χ0) is 13.8. The van der Waals surface area contributed by atoms with Gasteiger partial charge in [-0.25, -0.2) is 0 Å². The van der Waals surface area contributed by atoms with Gasteiger partial charge in [0, 0.05) is 22.5 Å². The Kier molecular flexibility index (Phi) is 4.70. The molecular formula is C15H15Cl2NO. The number of hydrogen-bond donors (Lipinski definition) is 1. The Morgan fingerprint density at radius 3 is 2.74 bits per heavy atom. The fourth-order valence-electron chi connectivity index (χ4n) is 1.95. The molecular weight excluding hydrogens is 281 g/mol. The van der Waals surface area contributed by atoms with E-state index in [0.29, 0.717) is 5.03 Å². The third-order valence-corrected chi connectivity index (χ3v) is 3.47. The number of ether oxygens (including phenoxy) is 1. The Balaban J connectivity index is 2.49. The molecule has 2 N–H and O–H groups in total. The molecule has 2 rings (SSSR count). The van der Waals surface area contributed by atoms with Crippen molar-refractivity contribution in [2.75, 3.05) is 6.61 Å². The monoisotopic (exact) mass is 295 g/mol. The molecule has 0 amide bonds. The molecule has 0 radical (unpaired) electrons. The summed E-state index contributed by atoms with van der Waals surface area (Å²) in [5.41, 5.74) is 8.25. The Labute approximate surface area is 122 Å². The minimum absolute atomic E-state index is 0.113. The molecule has 0 heterocycles. The molecule has 0 saturated heterocycles. The quantitative estimate of drug-likeness (QED) is 0.897. The highest BCUT2D eigenvalue weighted by molar-refractivity contribution is 6.36. The lowest BCUT2D eigenvalue weighted by molar-refractivity contribution is 0.358. The fraction of sp³-hybridized carbons (Fsp3) is 0.200. The van der Waals surface area contributed by atoms with Gasteiger partial charge in [0.1, 0.15) is 12.4 Å². The molecule has 0 aliphatic rings. The van der Waals surface area contributed by atoms with E-state index in [4.69, 9.17) is 33.7 Å². The van der Waals surface area contributed by atoms with Crippen LogP contribution in [0.25, 0.3) is 10.8 Å². The van der Waals surface area contributed by atoms with E-state index >= 15 is 0 Å². The summed E-state index contributed by atoms with van der Waals surface area (Å²) in [6.07, 6.45) is 0. The zero-order valence-corrected chi connectivity index (χ0v) is 12.1. The lowest BCUT2D eigenvalue weighted by Crippen LogP contribution is -2.09. The summed E-state index contributed by atoms with van der Waals surface area (Å²) in [5, 5.41) is 2.58. The second-order valence-electron chi connectivity index (χ2n) is 4.34. The summed E-state index contributed by atoms with van der Waals surface area (Å²) >= 11 is 11.4. The van der Waals surface area contributed by atoms with E-state index in [2.05, 4.69) is 0 Å². The van der Waals surface area contributed by atoms with Crippen molar-refractivity contribution in [1.82, 2.24) is 0 Å². The molecule has 2 nitrogen and oxygen atoms in total. The molecule has 0 aliphatic carbocycles. The second kappa shape index (κ2) is 6.29. The Hall–Kier alpha value is -1.22. The molecule has 1 atom stereocenters. The van der Waals surface area contributed by atoms with Crippen molar-refractivity contribution in [2.45, 2.75) is 13.0 Å². The van der Waals surface area contributed by atoms with Gasteiger partial charge in [0.05, 0.1) is 5.03 Å². The highest BCUT2D eigenvalue weighted by Crippen LogP contribution is 2.33. The largest absolute Gasteiger partial charge is 0.487 e. The van der Waals surface area contributed by atoms with E-state index in [1.54, 1.807) is 0 Å². The van der Waals surface area contributed by atoms with Crippen LogP contribution in [0.3, 0.4) is 0 Å². The maximum absolute atomic E-state index is 5.99. The summed E-state index contributed by atoms with van der Waals surface area (Å²) in [5.74, 6) is 0.768. The molecule has 100 valence electrons. The van der Waals surface area contributed by atoms with E-state index in [-0.39, 0.29) is 12.6 Å². The molecule has 0 aromatic heterocycles. The zero-order valence-electron chi connectivity index (χ0n) is 10.6. The van der Waals surface area contributed by atoms with Crippen LogP contribution in [-0.4, -0.2) is 6.61 Å². The number of benzene rings is 2. The minimum Gasteiger partial charge on any atom is -0.487 e. The van der Waals surface area contributed by atoms with Gasteiger partial charge in [0.15, 0.2) is 0 Å². The third-order valence-electron chi connectivity index (χ3n) is 2.87.